The van der Waals surface area contributed by atoms with Crippen molar-refractivity contribution in [3.8, 4) is 11.1 Å². The van der Waals surface area contributed by atoms with Crippen molar-refractivity contribution in [2.75, 3.05) is 0 Å². The largest absolute Gasteiger partial charge is 1.00 e. The second-order valence-electron chi connectivity index (χ2n) is 16.7. The Morgan fingerprint density at radius 1 is 0.630 bits per heavy atom. The maximum Gasteiger partial charge on any atom is -0.0632 e. The van der Waals surface area contributed by atoms with Gasteiger partial charge in [0.05, 0.1) is 0 Å². The number of benzene rings is 3. The van der Waals surface area contributed by atoms with Gasteiger partial charge in [0, 0.05) is 0 Å². The predicted octanol–water partition coefficient (Wildman–Crippen LogP) is 5.66. The molecule has 4 aromatic rings. The van der Waals surface area contributed by atoms with E-state index in [9.17, 15) is 0 Å². The molecule has 0 spiro atoms. The number of aryl methyl sites for hydroxylation is 2. The molecular weight excluding hydrogens is 679 g/mol. The Balaban J connectivity index is 0.000000365. The maximum atomic E-state index is 3.53. The first-order chi connectivity index (χ1) is 20.1. The van der Waals surface area contributed by atoms with Gasteiger partial charge in [0.25, 0.3) is 0 Å². The van der Waals surface area contributed by atoms with Crippen molar-refractivity contribution in [1.82, 2.24) is 0 Å². The van der Waals surface area contributed by atoms with Crippen LogP contribution in [0.1, 0.15) is 133 Å². The fourth-order valence-electron chi connectivity index (χ4n) is 5.67. The molecular formula is C43H56Cl2Zr-2. The molecule has 0 radical (unpaired) electrons. The van der Waals surface area contributed by atoms with E-state index in [2.05, 4.69) is 173 Å². The van der Waals surface area contributed by atoms with Crippen LogP contribution in [0.15, 0.2) is 66.7 Å². The van der Waals surface area contributed by atoms with Crippen molar-refractivity contribution < 1.29 is 49.0 Å². The Morgan fingerprint density at radius 3 is 1.54 bits per heavy atom. The summed E-state index contributed by atoms with van der Waals surface area (Å²) in [6.07, 6.45) is 1.03. The van der Waals surface area contributed by atoms with Gasteiger partial charge in [0.15, 0.2) is 0 Å². The first-order valence-electron chi connectivity index (χ1n) is 16.2. The van der Waals surface area contributed by atoms with Gasteiger partial charge in [-0.1, -0.05) is 116 Å². The SMILES string of the molecule is CC(C)(C)c1c[c-]c2c(c1)-c1cc(C(C)(C)C)ccc1C2.CC(C)(C)c1ccc([CH]=[Zr+2])cc1.Cc1cc(C(C)(C)C)c(C)[cH-]1.[Cl-].[Cl-]. The quantitative estimate of drug-likeness (QED) is 0.195. The van der Waals surface area contributed by atoms with Gasteiger partial charge in [0.1, 0.15) is 0 Å². The normalized spacial score (nSPS) is 12.3. The third-order valence-electron chi connectivity index (χ3n) is 8.52. The second-order valence-corrected chi connectivity index (χ2v) is 17.4. The first-order valence-corrected chi connectivity index (χ1v) is 17.6. The zero-order chi connectivity index (χ0) is 33.3. The zero-order valence-corrected chi connectivity index (χ0v) is 34.9. The molecule has 0 nitrogen and oxygen atoms in total. The Hall–Kier alpha value is -1.66. The Kier molecular flexibility index (Phi) is 14.9. The fourth-order valence-corrected chi connectivity index (χ4v) is 6.15. The van der Waals surface area contributed by atoms with E-state index in [0.29, 0.717) is 5.41 Å². The summed E-state index contributed by atoms with van der Waals surface area (Å²) < 4.78 is 2.21. The molecule has 1 aliphatic carbocycles. The summed E-state index contributed by atoms with van der Waals surface area (Å²) in [5, 5.41) is 0. The standard InChI is InChI=1S/C21H25.C11H17.C11H14.2ClH.Zr/c1-20(2,3)16-9-7-14-11-15-8-10-17(21(4,5)6)13-19(15)18(14)12-16;1-8-6-9(2)10(7-8)11(3,4)5;1-9-5-7-10(8-6-9)11(2,3)4;;;/h7,9-10,12-13H,11H2,1-6H3;6-7H,1-5H3;1,5-8H,2-4H3;2*1H;/q2*-1;;;;+2/p-2. The van der Waals surface area contributed by atoms with Gasteiger partial charge in [0.2, 0.25) is 0 Å². The van der Waals surface area contributed by atoms with Gasteiger partial charge < -0.3 is 24.8 Å². The summed E-state index contributed by atoms with van der Waals surface area (Å²) in [5.41, 5.74) is 16.4. The Morgan fingerprint density at radius 2 is 1.13 bits per heavy atom. The van der Waals surface area contributed by atoms with E-state index in [1.165, 1.54) is 85.4 Å². The van der Waals surface area contributed by atoms with E-state index < -0.39 is 0 Å². The molecule has 0 heterocycles. The molecule has 0 aliphatic heterocycles. The smallest absolute Gasteiger partial charge is 0.0632 e. The van der Waals surface area contributed by atoms with Gasteiger partial charge in [-0.25, -0.2) is 6.07 Å². The van der Waals surface area contributed by atoms with Gasteiger partial charge in [-0.2, -0.15) is 52.1 Å². The molecule has 0 saturated heterocycles. The molecule has 248 valence electrons. The van der Waals surface area contributed by atoms with Crippen LogP contribution in [0.4, 0.5) is 0 Å². The molecule has 1 aliphatic rings. The molecule has 0 bridgehead atoms. The van der Waals surface area contributed by atoms with E-state index in [0.717, 1.165) is 6.42 Å². The third-order valence-corrected chi connectivity index (χ3v) is 9.34. The van der Waals surface area contributed by atoms with Crippen LogP contribution in [0, 0.1) is 19.9 Å². The van der Waals surface area contributed by atoms with Gasteiger partial charge in [-0.3, -0.25) is 0 Å². The average molecular weight is 735 g/mol. The summed E-state index contributed by atoms with van der Waals surface area (Å²) in [4.78, 5) is 0. The summed E-state index contributed by atoms with van der Waals surface area (Å²) >= 11 is 1.46. The van der Waals surface area contributed by atoms with E-state index in [1.54, 1.807) is 0 Å². The fraction of sp³-hybridized carbons (Fsp3) is 0.442. The zero-order valence-electron chi connectivity index (χ0n) is 30.9. The van der Waals surface area contributed by atoms with Crippen molar-refractivity contribution in [2.45, 2.75) is 125 Å². The third kappa shape index (κ3) is 11.2. The van der Waals surface area contributed by atoms with Gasteiger partial charge in [-0.05, 0) is 17.4 Å². The minimum Gasteiger partial charge on any atom is -1.00 e. The molecule has 3 heteroatoms. The number of fused-ring (bicyclic) bond motifs is 3. The van der Waals surface area contributed by atoms with Crippen LogP contribution >= 0.6 is 0 Å². The Bertz CT molecular complexity index is 1510. The molecule has 46 heavy (non-hydrogen) atoms. The van der Waals surface area contributed by atoms with Crippen molar-refractivity contribution in [1.29, 1.82) is 0 Å². The van der Waals surface area contributed by atoms with Gasteiger partial charge >= 0.3 is 89.5 Å². The van der Waals surface area contributed by atoms with E-state index >= 15 is 0 Å². The number of halogens is 2. The average Bonchev–Trinajstić information content (AvgIpc) is 3.45. The predicted molar refractivity (Wildman–Crippen MR) is 191 cm³/mol. The minimum absolute atomic E-state index is 0. The molecule has 5 rings (SSSR count). The van der Waals surface area contributed by atoms with Crippen molar-refractivity contribution in [3.63, 3.8) is 0 Å². The van der Waals surface area contributed by atoms with Crippen molar-refractivity contribution >= 4 is 3.71 Å². The Labute approximate surface area is 309 Å². The monoisotopic (exact) mass is 732 g/mol. The molecule has 0 amide bonds. The molecule has 0 atom stereocenters. The van der Waals surface area contributed by atoms with Crippen LogP contribution in [0.3, 0.4) is 0 Å². The van der Waals surface area contributed by atoms with E-state index in [1.807, 2.05) is 0 Å². The number of rotatable bonds is 1. The topological polar surface area (TPSA) is 0 Å². The second kappa shape index (κ2) is 16.2. The number of hydrogen-bond donors (Lipinski definition) is 0. The van der Waals surface area contributed by atoms with E-state index in [4.69, 9.17) is 0 Å². The van der Waals surface area contributed by atoms with Crippen molar-refractivity contribution in [2.24, 2.45) is 0 Å². The summed E-state index contributed by atoms with van der Waals surface area (Å²) in [6.45, 7) is 31.5. The van der Waals surface area contributed by atoms with Crippen LogP contribution < -0.4 is 24.8 Å². The first kappa shape index (κ1) is 42.4. The van der Waals surface area contributed by atoms with Crippen LogP contribution in [0.5, 0.6) is 0 Å². The van der Waals surface area contributed by atoms with Crippen LogP contribution in [-0.2, 0) is 52.3 Å². The molecule has 0 fully saturated rings. The van der Waals surface area contributed by atoms with E-state index in [-0.39, 0.29) is 41.1 Å². The van der Waals surface area contributed by atoms with Crippen LogP contribution in [0.2, 0.25) is 0 Å². The summed E-state index contributed by atoms with van der Waals surface area (Å²) in [6, 6.07) is 28.4. The molecule has 0 N–H and O–H groups in total. The summed E-state index contributed by atoms with van der Waals surface area (Å²) in [5.74, 6) is 0. The minimum atomic E-state index is 0. The maximum absolute atomic E-state index is 3.53. The van der Waals surface area contributed by atoms with Gasteiger partial charge in [-0.15, -0.1) is 5.56 Å². The summed E-state index contributed by atoms with van der Waals surface area (Å²) in [7, 11) is 0. The molecule has 0 aromatic heterocycles. The number of hydrogen-bond acceptors (Lipinski definition) is 0. The van der Waals surface area contributed by atoms with Crippen LogP contribution in [-0.4, -0.2) is 3.71 Å². The molecule has 0 saturated carbocycles. The molecule has 0 unspecified atom stereocenters. The van der Waals surface area contributed by atoms with Crippen LogP contribution in [0.25, 0.3) is 11.1 Å². The molecule has 4 aromatic carbocycles. The van der Waals surface area contributed by atoms with Crippen molar-refractivity contribution in [3.05, 3.63) is 123 Å².